The number of nitrogens with zero attached hydrogens (tertiary/aromatic N) is 1. The molecule has 0 saturated carbocycles. The third kappa shape index (κ3) is 2.91. The molecule has 0 aliphatic rings. The first-order valence-corrected chi connectivity index (χ1v) is 4.84. The topological polar surface area (TPSA) is 95.6 Å². The molecule has 0 aromatic heterocycles. The molecule has 0 spiro atoms. The number of nitrogens with one attached hydrogen (secondary N) is 1. The summed E-state index contributed by atoms with van der Waals surface area (Å²) in [6, 6.07) is 4.17. The summed E-state index contributed by atoms with van der Waals surface area (Å²) in [7, 11) is 0. The number of aliphatic hydroxyl groups excluding tert-OH is 2. The largest absolute Gasteiger partial charge is 0.394 e. The molecule has 16 heavy (non-hydrogen) atoms. The summed E-state index contributed by atoms with van der Waals surface area (Å²) >= 11 is 0. The lowest BCUT2D eigenvalue weighted by atomic mass is 10.1. The number of nitro benzene ring substituents is 1. The van der Waals surface area contributed by atoms with Crippen LogP contribution in [0.25, 0.3) is 0 Å². The van der Waals surface area contributed by atoms with E-state index in [9.17, 15) is 10.1 Å². The Morgan fingerprint density at radius 2 is 2.19 bits per heavy atom. The van der Waals surface area contributed by atoms with Gasteiger partial charge in [-0.3, -0.25) is 10.1 Å². The first kappa shape index (κ1) is 12.4. The number of nitro groups is 1. The van der Waals surface area contributed by atoms with E-state index >= 15 is 0 Å². The Hall–Kier alpha value is -1.66. The molecule has 3 N–H and O–H groups in total. The van der Waals surface area contributed by atoms with Crippen molar-refractivity contribution in [2.24, 2.45) is 0 Å². The Morgan fingerprint density at radius 1 is 1.50 bits per heavy atom. The second-order valence-corrected chi connectivity index (χ2v) is 3.49. The zero-order chi connectivity index (χ0) is 12.1. The maximum atomic E-state index is 10.8. The maximum absolute atomic E-state index is 10.8. The molecular weight excluding hydrogens is 212 g/mol. The fourth-order valence-corrected chi connectivity index (χ4v) is 1.26. The van der Waals surface area contributed by atoms with Crippen molar-refractivity contribution < 1.29 is 15.1 Å². The van der Waals surface area contributed by atoms with Crippen molar-refractivity contribution in [1.29, 1.82) is 0 Å². The molecule has 1 aromatic carbocycles. The van der Waals surface area contributed by atoms with Crippen molar-refractivity contribution in [1.82, 2.24) is 0 Å². The lowest BCUT2D eigenvalue weighted by Gasteiger charge is -2.12. The molecular formula is C10H14N2O4. The monoisotopic (exact) mass is 226 g/mol. The summed E-state index contributed by atoms with van der Waals surface area (Å²) in [5.74, 6) is 0. The average molecular weight is 226 g/mol. The van der Waals surface area contributed by atoms with Crippen molar-refractivity contribution >= 4 is 11.4 Å². The van der Waals surface area contributed by atoms with Gasteiger partial charge in [0.2, 0.25) is 0 Å². The molecule has 0 fully saturated rings. The van der Waals surface area contributed by atoms with Gasteiger partial charge >= 0.3 is 0 Å². The summed E-state index contributed by atoms with van der Waals surface area (Å²) in [6.45, 7) is 1.36. The Kier molecular flexibility index (Phi) is 4.21. The Labute approximate surface area is 92.7 Å². The zero-order valence-corrected chi connectivity index (χ0v) is 8.88. The van der Waals surface area contributed by atoms with E-state index in [0.717, 1.165) is 0 Å². The number of hydrogen-bond acceptors (Lipinski definition) is 5. The van der Waals surface area contributed by atoms with Crippen LogP contribution in [0.15, 0.2) is 18.2 Å². The number of rotatable bonds is 5. The van der Waals surface area contributed by atoms with Crippen LogP contribution < -0.4 is 5.32 Å². The minimum Gasteiger partial charge on any atom is -0.394 e. The Morgan fingerprint density at radius 3 is 2.69 bits per heavy atom. The molecule has 0 aliphatic heterocycles. The Bertz CT molecular complexity index is 381. The first-order valence-electron chi connectivity index (χ1n) is 4.84. The van der Waals surface area contributed by atoms with Crippen molar-refractivity contribution in [3.63, 3.8) is 0 Å². The van der Waals surface area contributed by atoms with Gasteiger partial charge in [-0.15, -0.1) is 0 Å². The summed E-state index contributed by atoms with van der Waals surface area (Å²) in [4.78, 5) is 10.3. The first-order chi connectivity index (χ1) is 7.58. The average Bonchev–Trinajstić information content (AvgIpc) is 2.29. The molecule has 1 rings (SSSR count). The van der Waals surface area contributed by atoms with Crippen LogP contribution in [0.3, 0.4) is 0 Å². The molecule has 0 unspecified atom stereocenters. The number of aliphatic hydroxyl groups is 2. The van der Waals surface area contributed by atoms with Crippen molar-refractivity contribution in [3.8, 4) is 0 Å². The summed E-state index contributed by atoms with van der Waals surface area (Å²) in [6.07, 6.45) is 0. The van der Waals surface area contributed by atoms with Crippen LogP contribution in [0.1, 0.15) is 12.5 Å². The minimum atomic E-state index is -0.522. The van der Waals surface area contributed by atoms with Gasteiger partial charge in [-0.25, -0.2) is 0 Å². The Balaban J connectivity index is 3.03. The highest BCUT2D eigenvalue weighted by Crippen LogP contribution is 2.26. The van der Waals surface area contributed by atoms with Gasteiger partial charge < -0.3 is 15.5 Å². The predicted octanol–water partition coefficient (Wildman–Crippen LogP) is 0.880. The molecule has 0 amide bonds. The van der Waals surface area contributed by atoms with E-state index in [1.165, 1.54) is 12.1 Å². The number of anilines is 1. The fourth-order valence-electron chi connectivity index (χ4n) is 1.26. The van der Waals surface area contributed by atoms with E-state index in [1.807, 2.05) is 0 Å². The van der Waals surface area contributed by atoms with Gasteiger partial charge in [0.1, 0.15) is 5.69 Å². The van der Waals surface area contributed by atoms with Crippen LogP contribution in [-0.4, -0.2) is 27.8 Å². The number of hydrogen-bond donors (Lipinski definition) is 3. The van der Waals surface area contributed by atoms with E-state index in [4.69, 9.17) is 10.2 Å². The molecule has 0 radical (unpaired) electrons. The van der Waals surface area contributed by atoms with Gasteiger partial charge in [0.15, 0.2) is 0 Å². The van der Waals surface area contributed by atoms with Crippen LogP contribution in [0.2, 0.25) is 0 Å². The smallest absolute Gasteiger partial charge is 0.292 e. The van der Waals surface area contributed by atoms with Crippen LogP contribution in [-0.2, 0) is 6.61 Å². The molecule has 0 bridgehead atoms. The van der Waals surface area contributed by atoms with Gasteiger partial charge in [0.05, 0.1) is 18.1 Å². The minimum absolute atomic E-state index is 0.105. The van der Waals surface area contributed by atoms with E-state index < -0.39 is 4.92 Å². The van der Waals surface area contributed by atoms with E-state index in [-0.39, 0.29) is 24.9 Å². The predicted molar refractivity (Wildman–Crippen MR) is 59.2 cm³/mol. The van der Waals surface area contributed by atoms with Crippen molar-refractivity contribution in [3.05, 3.63) is 33.9 Å². The van der Waals surface area contributed by atoms with Crippen LogP contribution in [0.4, 0.5) is 11.4 Å². The lowest BCUT2D eigenvalue weighted by molar-refractivity contribution is -0.384. The highest BCUT2D eigenvalue weighted by molar-refractivity contribution is 5.63. The molecule has 6 heteroatoms. The summed E-state index contributed by atoms with van der Waals surface area (Å²) in [5, 5.41) is 31.3. The van der Waals surface area contributed by atoms with Gasteiger partial charge in [-0.1, -0.05) is 6.07 Å². The molecule has 0 aliphatic carbocycles. The normalized spacial score (nSPS) is 12.2. The summed E-state index contributed by atoms with van der Waals surface area (Å²) < 4.78 is 0. The highest BCUT2D eigenvalue weighted by Gasteiger charge is 2.15. The second-order valence-electron chi connectivity index (χ2n) is 3.49. The van der Waals surface area contributed by atoms with Gasteiger partial charge in [0, 0.05) is 12.1 Å². The van der Waals surface area contributed by atoms with Gasteiger partial charge in [0.25, 0.3) is 5.69 Å². The zero-order valence-electron chi connectivity index (χ0n) is 8.88. The van der Waals surface area contributed by atoms with Crippen LogP contribution in [0, 0.1) is 10.1 Å². The standard InChI is InChI=1S/C10H14N2O4/c1-7(5-13)11-9-3-2-8(6-14)4-10(9)12(15)16/h2-4,7,11,13-14H,5-6H2,1H3/t7-/m0/s1. The molecule has 0 heterocycles. The highest BCUT2D eigenvalue weighted by atomic mass is 16.6. The summed E-state index contributed by atoms with van der Waals surface area (Å²) in [5.41, 5.74) is 0.713. The lowest BCUT2D eigenvalue weighted by Crippen LogP contribution is -2.20. The third-order valence-corrected chi connectivity index (χ3v) is 2.12. The second kappa shape index (κ2) is 5.43. The van der Waals surface area contributed by atoms with Crippen LogP contribution >= 0.6 is 0 Å². The fraction of sp³-hybridized carbons (Fsp3) is 0.400. The molecule has 6 nitrogen and oxygen atoms in total. The molecule has 0 saturated heterocycles. The maximum Gasteiger partial charge on any atom is 0.292 e. The van der Waals surface area contributed by atoms with Crippen LogP contribution in [0.5, 0.6) is 0 Å². The number of benzene rings is 1. The van der Waals surface area contributed by atoms with E-state index in [0.29, 0.717) is 11.3 Å². The van der Waals surface area contributed by atoms with E-state index in [1.54, 1.807) is 13.0 Å². The van der Waals surface area contributed by atoms with Gasteiger partial charge in [-0.05, 0) is 18.6 Å². The SMILES string of the molecule is C[C@@H](CO)Nc1ccc(CO)cc1[N+](=O)[O-]. The molecule has 1 atom stereocenters. The van der Waals surface area contributed by atoms with Crippen molar-refractivity contribution in [2.45, 2.75) is 19.6 Å². The molecule has 1 aromatic rings. The van der Waals surface area contributed by atoms with Crippen molar-refractivity contribution in [2.75, 3.05) is 11.9 Å². The molecule has 88 valence electrons. The van der Waals surface area contributed by atoms with E-state index in [2.05, 4.69) is 5.32 Å². The van der Waals surface area contributed by atoms with Gasteiger partial charge in [-0.2, -0.15) is 0 Å². The third-order valence-electron chi connectivity index (χ3n) is 2.12. The quantitative estimate of drug-likeness (QED) is 0.511.